The van der Waals surface area contributed by atoms with E-state index in [1.54, 1.807) is 29.2 Å². The fraction of sp³-hybridized carbons (Fsp3) is 0.710. The van der Waals surface area contributed by atoms with Gasteiger partial charge in [-0.1, -0.05) is 6.92 Å². The van der Waals surface area contributed by atoms with E-state index in [1.165, 1.54) is 0 Å². The van der Waals surface area contributed by atoms with Crippen LogP contribution in [0, 0.1) is 11.8 Å². The minimum absolute atomic E-state index is 0.0852. The summed E-state index contributed by atoms with van der Waals surface area (Å²) >= 11 is 0. The average Bonchev–Trinajstić information content (AvgIpc) is 3.60. The van der Waals surface area contributed by atoms with Crippen molar-refractivity contribution < 1.29 is 33.7 Å². The highest BCUT2D eigenvalue weighted by atomic mass is 16.5. The quantitative estimate of drug-likeness (QED) is 0.282. The maximum absolute atomic E-state index is 14.2. The number of ether oxygens (including phenoxy) is 3. The molecule has 0 radical (unpaired) electrons. The molecule has 0 saturated carbocycles. The lowest BCUT2D eigenvalue weighted by Gasteiger charge is -2.34. The number of amides is 3. The number of hydrogen-bond donors (Lipinski definition) is 3. The third-order valence-corrected chi connectivity index (χ3v) is 9.53. The van der Waals surface area contributed by atoms with Gasteiger partial charge in [-0.15, -0.1) is 0 Å². The molecule has 1 aromatic rings. The van der Waals surface area contributed by atoms with Crippen molar-refractivity contribution in [2.24, 2.45) is 11.8 Å². The fourth-order valence-corrected chi connectivity index (χ4v) is 7.51. The molecule has 2 bridgehead atoms. The molecule has 11 heteroatoms. The first-order valence-corrected chi connectivity index (χ1v) is 15.6. The summed E-state index contributed by atoms with van der Waals surface area (Å²) in [6.07, 6.45) is 3.78. The van der Waals surface area contributed by atoms with Crippen LogP contribution < -0.4 is 15.4 Å². The van der Waals surface area contributed by atoms with E-state index in [0.717, 1.165) is 19.5 Å². The van der Waals surface area contributed by atoms with Crippen molar-refractivity contribution >= 4 is 23.4 Å². The maximum Gasteiger partial charge on any atom is 0.245 e. The highest BCUT2D eigenvalue weighted by molar-refractivity contribution is 6.02. The molecule has 5 rings (SSSR count). The number of nitrogens with zero attached hydrogens (tertiary/aromatic N) is 2. The maximum atomic E-state index is 14.2. The topological polar surface area (TPSA) is 130 Å². The number of rotatable bonds is 14. The second kappa shape index (κ2) is 13.3. The number of benzene rings is 1. The smallest absolute Gasteiger partial charge is 0.245 e. The van der Waals surface area contributed by atoms with Gasteiger partial charge in [0.05, 0.1) is 37.3 Å². The molecule has 1 aromatic carbocycles. The van der Waals surface area contributed by atoms with Gasteiger partial charge in [-0.25, -0.2) is 0 Å². The highest BCUT2D eigenvalue weighted by Crippen LogP contribution is 2.64. The van der Waals surface area contributed by atoms with Crippen LogP contribution in [-0.4, -0.2) is 109 Å². The number of carbonyl (C=O) groups excluding carboxylic acids is 3. The van der Waals surface area contributed by atoms with Gasteiger partial charge in [-0.05, 0) is 69.7 Å². The van der Waals surface area contributed by atoms with Crippen LogP contribution in [0.15, 0.2) is 24.3 Å². The molecule has 42 heavy (non-hydrogen) atoms. The second-order valence-electron chi connectivity index (χ2n) is 11.8. The van der Waals surface area contributed by atoms with Crippen molar-refractivity contribution in [1.29, 1.82) is 0 Å². The summed E-state index contributed by atoms with van der Waals surface area (Å²) in [6.45, 7) is 9.11. The first-order chi connectivity index (χ1) is 20.4. The number of anilines is 1. The molecular weight excluding hydrogens is 540 g/mol. The SMILES string of the molecule is CCOc1ccc(NC(=O)[C@@H]2[C@H]3C(=O)N(CCCCCO)C(C(=O)NCCN4CCOCC4)C34CC[C@@]2(CC)O4)cc1. The van der Waals surface area contributed by atoms with Gasteiger partial charge >= 0.3 is 0 Å². The summed E-state index contributed by atoms with van der Waals surface area (Å²) in [5, 5.41) is 15.4. The standard InChI is InChI=1S/C31H46N4O7/c1-3-30-12-13-31(42-30)25(24(30)27(37)33-22-8-10-23(11-9-22)41-4-2)29(39)35(15-6-5-7-19-36)26(31)28(38)32-14-16-34-17-20-40-21-18-34/h8-11,24-26,36H,3-7,12-21H2,1-2H3,(H,32,38)(H,33,37)/t24-,25-,26?,30+,31?/m0/s1. The molecule has 5 atom stereocenters. The van der Waals surface area contributed by atoms with Crippen molar-refractivity contribution in [3.05, 3.63) is 24.3 Å². The van der Waals surface area contributed by atoms with Crippen LogP contribution in [0.1, 0.15) is 52.4 Å². The van der Waals surface area contributed by atoms with Crippen LogP contribution in [0.4, 0.5) is 5.69 Å². The van der Waals surface area contributed by atoms with Crippen molar-refractivity contribution in [2.45, 2.75) is 69.6 Å². The molecular formula is C31H46N4O7. The number of fused-ring (bicyclic) bond motifs is 1. The van der Waals surface area contributed by atoms with Crippen molar-refractivity contribution in [2.75, 3.05) is 64.5 Å². The minimum atomic E-state index is -1.05. The summed E-state index contributed by atoms with van der Waals surface area (Å²) in [5.41, 5.74) is -1.23. The van der Waals surface area contributed by atoms with E-state index < -0.39 is 29.1 Å². The van der Waals surface area contributed by atoms with Crippen LogP contribution in [0.5, 0.6) is 5.75 Å². The predicted octanol–water partition coefficient (Wildman–Crippen LogP) is 1.79. The molecule has 4 saturated heterocycles. The Morgan fingerprint density at radius 1 is 1.05 bits per heavy atom. The van der Waals surface area contributed by atoms with E-state index in [0.29, 0.717) is 83.0 Å². The minimum Gasteiger partial charge on any atom is -0.494 e. The molecule has 232 valence electrons. The summed E-state index contributed by atoms with van der Waals surface area (Å²) in [6, 6.07) is 6.39. The van der Waals surface area contributed by atoms with Gasteiger partial charge < -0.3 is 34.9 Å². The normalized spacial score (nSPS) is 30.4. The molecule has 4 aliphatic rings. The van der Waals surface area contributed by atoms with Gasteiger partial charge in [-0.2, -0.15) is 0 Å². The third kappa shape index (κ3) is 5.76. The number of aliphatic hydroxyl groups excluding tert-OH is 1. The third-order valence-electron chi connectivity index (χ3n) is 9.53. The van der Waals surface area contributed by atoms with Crippen molar-refractivity contribution in [3.63, 3.8) is 0 Å². The summed E-state index contributed by atoms with van der Waals surface area (Å²) < 4.78 is 17.8. The van der Waals surface area contributed by atoms with E-state index in [4.69, 9.17) is 14.2 Å². The summed E-state index contributed by atoms with van der Waals surface area (Å²) in [4.78, 5) is 46.0. The van der Waals surface area contributed by atoms with Gasteiger partial charge in [0.1, 0.15) is 17.4 Å². The van der Waals surface area contributed by atoms with Gasteiger partial charge in [-0.3, -0.25) is 19.3 Å². The fourth-order valence-electron chi connectivity index (χ4n) is 7.51. The zero-order chi connectivity index (χ0) is 29.7. The van der Waals surface area contributed by atoms with Crippen LogP contribution in [0.25, 0.3) is 0 Å². The van der Waals surface area contributed by atoms with E-state index in [2.05, 4.69) is 15.5 Å². The highest BCUT2D eigenvalue weighted by Gasteiger charge is 2.78. The Hall–Kier alpha value is -2.73. The Kier molecular flexibility index (Phi) is 9.71. The van der Waals surface area contributed by atoms with Gasteiger partial charge in [0.2, 0.25) is 17.7 Å². The lowest BCUT2D eigenvalue weighted by Crippen LogP contribution is -2.56. The summed E-state index contributed by atoms with van der Waals surface area (Å²) in [7, 11) is 0. The van der Waals surface area contributed by atoms with E-state index in [1.807, 2.05) is 13.8 Å². The molecule has 1 spiro atoms. The molecule has 0 aliphatic carbocycles. The van der Waals surface area contributed by atoms with E-state index in [-0.39, 0.29) is 24.3 Å². The molecule has 3 amide bonds. The number of nitrogens with one attached hydrogen (secondary N) is 2. The van der Waals surface area contributed by atoms with Crippen LogP contribution in [-0.2, 0) is 23.9 Å². The van der Waals surface area contributed by atoms with Gasteiger partial charge in [0.25, 0.3) is 0 Å². The second-order valence-corrected chi connectivity index (χ2v) is 11.8. The molecule has 4 aliphatic heterocycles. The number of morpholine rings is 1. The van der Waals surface area contributed by atoms with Gasteiger partial charge in [0, 0.05) is 45.0 Å². The Labute approximate surface area is 248 Å². The molecule has 4 fully saturated rings. The largest absolute Gasteiger partial charge is 0.494 e. The summed E-state index contributed by atoms with van der Waals surface area (Å²) in [5.74, 6) is -1.39. The van der Waals surface area contributed by atoms with Gasteiger partial charge in [0.15, 0.2) is 0 Å². The lowest BCUT2D eigenvalue weighted by molar-refractivity contribution is -0.146. The number of likely N-dealkylation sites (tertiary alicyclic amines) is 1. The van der Waals surface area contributed by atoms with Crippen LogP contribution in [0.3, 0.4) is 0 Å². The Bertz CT molecular complexity index is 1110. The number of aliphatic hydroxyl groups is 1. The van der Waals surface area contributed by atoms with Crippen LogP contribution >= 0.6 is 0 Å². The number of carbonyl (C=O) groups is 3. The van der Waals surface area contributed by atoms with Crippen molar-refractivity contribution in [1.82, 2.24) is 15.1 Å². The predicted molar refractivity (Wildman–Crippen MR) is 156 cm³/mol. The molecule has 2 unspecified atom stereocenters. The number of hydrogen-bond acceptors (Lipinski definition) is 8. The Balaban J connectivity index is 1.37. The zero-order valence-electron chi connectivity index (χ0n) is 24.9. The molecule has 4 heterocycles. The Morgan fingerprint density at radius 2 is 1.81 bits per heavy atom. The van der Waals surface area contributed by atoms with Crippen LogP contribution in [0.2, 0.25) is 0 Å². The Morgan fingerprint density at radius 3 is 2.50 bits per heavy atom. The molecule has 0 aromatic heterocycles. The monoisotopic (exact) mass is 586 g/mol. The van der Waals surface area contributed by atoms with E-state index in [9.17, 15) is 19.5 Å². The molecule has 11 nitrogen and oxygen atoms in total. The molecule has 3 N–H and O–H groups in total. The van der Waals surface area contributed by atoms with E-state index >= 15 is 0 Å². The first kappa shape index (κ1) is 30.7. The lowest BCUT2D eigenvalue weighted by atomic mass is 9.65. The van der Waals surface area contributed by atoms with Crippen molar-refractivity contribution in [3.8, 4) is 5.75 Å². The number of unbranched alkanes of at least 4 members (excludes halogenated alkanes) is 2. The first-order valence-electron chi connectivity index (χ1n) is 15.6. The zero-order valence-corrected chi connectivity index (χ0v) is 24.9. The average molecular weight is 587 g/mol.